The molecule has 48 heavy (non-hydrogen) atoms. The first kappa shape index (κ1) is 40.2. The highest BCUT2D eigenvalue weighted by Crippen LogP contribution is 2.65. The van der Waals surface area contributed by atoms with Gasteiger partial charge in [-0.05, 0) is 74.2 Å². The third kappa shape index (κ3) is 6.17. The number of esters is 1. The Labute approximate surface area is 301 Å². The predicted octanol–water partition coefficient (Wildman–Crippen LogP) is 7.98. The fourth-order valence-electron chi connectivity index (χ4n) is 9.74. The Morgan fingerprint density at radius 3 is 2.00 bits per heavy atom. The monoisotopic (exact) mass is 742 g/mol. The zero-order valence-corrected chi connectivity index (χ0v) is 35.2. The summed E-state index contributed by atoms with van der Waals surface area (Å²) in [4.78, 5) is 28.4. The Balaban J connectivity index is 2.07. The molecular formula is C36H62O8S2Si2. The highest BCUT2D eigenvalue weighted by molar-refractivity contribution is 8.22. The summed E-state index contributed by atoms with van der Waals surface area (Å²) in [7, 11) is -4.38. The number of fused-ring (bicyclic) bond motifs is 5. The molecular weight excluding hydrogens is 681 g/mol. The first-order chi connectivity index (χ1) is 22.4. The average molecular weight is 743 g/mol. The van der Waals surface area contributed by atoms with E-state index in [0.29, 0.717) is 6.42 Å². The largest absolute Gasteiger partial charge is 0.472 e. The van der Waals surface area contributed by atoms with Crippen LogP contribution in [0.4, 0.5) is 0 Å². The number of carbonyl (C=O) groups is 2. The Morgan fingerprint density at radius 1 is 1.00 bits per heavy atom. The van der Waals surface area contributed by atoms with Crippen LogP contribution < -0.4 is 0 Å². The summed E-state index contributed by atoms with van der Waals surface area (Å²) < 4.78 is 34.2. The molecule has 4 aliphatic rings. The van der Waals surface area contributed by atoms with E-state index in [4.69, 9.17) is 35.3 Å². The summed E-state index contributed by atoms with van der Waals surface area (Å²) in [5.41, 5.74) is -2.87. The average Bonchev–Trinajstić information content (AvgIpc) is 3.05. The third-order valence-electron chi connectivity index (χ3n) is 13.7. The van der Waals surface area contributed by atoms with Gasteiger partial charge >= 0.3 is 5.97 Å². The lowest BCUT2D eigenvalue weighted by Gasteiger charge is -2.68. The Morgan fingerprint density at radius 2 is 1.54 bits per heavy atom. The number of carbonyl (C=O) groups excluding carboxylic acids is 2. The third-order valence-corrected chi connectivity index (χ3v) is 24.0. The van der Waals surface area contributed by atoms with Gasteiger partial charge in [0, 0.05) is 31.6 Å². The van der Waals surface area contributed by atoms with Crippen molar-refractivity contribution in [3.05, 3.63) is 11.1 Å². The fraction of sp³-hybridized carbons (Fsp3) is 0.861. The number of thiocarbonyl (C=S) groups is 1. The van der Waals surface area contributed by atoms with Crippen molar-refractivity contribution in [3.63, 3.8) is 0 Å². The normalized spacial score (nSPS) is 36.3. The minimum Gasteiger partial charge on any atom is -0.472 e. The summed E-state index contributed by atoms with van der Waals surface area (Å²) in [6.07, 6.45) is 0.267. The molecule has 0 aromatic carbocycles. The number of Topliss-reactive ketones (excluding diaryl/α,β-unsaturated/α-hetero) is 1. The van der Waals surface area contributed by atoms with Gasteiger partial charge in [-0.25, -0.2) is 0 Å². The van der Waals surface area contributed by atoms with Crippen LogP contribution in [0.15, 0.2) is 11.1 Å². The fourth-order valence-corrected chi connectivity index (χ4v) is 15.9. The van der Waals surface area contributed by atoms with Crippen molar-refractivity contribution < 1.29 is 37.8 Å². The molecule has 0 aromatic heterocycles. The van der Waals surface area contributed by atoms with Crippen LogP contribution in [-0.4, -0.2) is 86.4 Å². The maximum Gasteiger partial charge on any atom is 0.303 e. The van der Waals surface area contributed by atoms with Crippen molar-refractivity contribution in [3.8, 4) is 0 Å². The molecule has 2 saturated carbocycles. The molecule has 0 spiro atoms. The molecule has 274 valence electrons. The van der Waals surface area contributed by atoms with Crippen LogP contribution in [0.3, 0.4) is 0 Å². The maximum absolute atomic E-state index is 15.4. The summed E-state index contributed by atoms with van der Waals surface area (Å²) in [5.74, 6) is -1.24. The highest BCUT2D eigenvalue weighted by Gasteiger charge is 2.77. The second-order valence-electron chi connectivity index (χ2n) is 15.6. The molecule has 4 rings (SSSR count). The predicted molar refractivity (Wildman–Crippen MR) is 201 cm³/mol. The van der Waals surface area contributed by atoms with Gasteiger partial charge in [0.2, 0.25) is 4.38 Å². The first-order valence-electron chi connectivity index (χ1n) is 18.3. The van der Waals surface area contributed by atoms with E-state index in [1.165, 1.54) is 18.7 Å². The zero-order valence-electron chi connectivity index (χ0n) is 31.6. The molecule has 2 bridgehead atoms. The summed E-state index contributed by atoms with van der Waals surface area (Å²) in [5, 5.41) is 13.6. The number of ether oxygens (including phenoxy) is 3. The van der Waals surface area contributed by atoms with Crippen LogP contribution in [0.2, 0.25) is 36.3 Å². The molecule has 2 unspecified atom stereocenters. The molecule has 0 radical (unpaired) electrons. The van der Waals surface area contributed by atoms with Crippen LogP contribution in [0.5, 0.6) is 0 Å². The number of hydrogen-bond acceptors (Lipinski definition) is 10. The van der Waals surface area contributed by atoms with Crippen LogP contribution in [0.1, 0.15) is 95.4 Å². The van der Waals surface area contributed by atoms with E-state index >= 15 is 4.79 Å². The first-order valence-corrected chi connectivity index (χ1v) is 25.0. The molecule has 8 nitrogen and oxygen atoms in total. The summed E-state index contributed by atoms with van der Waals surface area (Å²) >= 11 is 7.06. The minimum atomic E-state index is -2.25. The Hall–Kier alpha value is -0.606. The van der Waals surface area contributed by atoms with Crippen molar-refractivity contribution in [2.75, 3.05) is 12.9 Å². The van der Waals surface area contributed by atoms with Gasteiger partial charge in [0.1, 0.15) is 23.6 Å². The molecule has 0 aromatic rings. The second kappa shape index (κ2) is 14.4. The van der Waals surface area contributed by atoms with E-state index in [2.05, 4.69) is 48.5 Å². The van der Waals surface area contributed by atoms with E-state index in [-0.39, 0.29) is 35.7 Å². The molecule has 1 saturated heterocycles. The van der Waals surface area contributed by atoms with Gasteiger partial charge in [-0.1, -0.05) is 72.7 Å². The molecule has 1 aliphatic heterocycles. The number of aliphatic hydroxyl groups is 1. The van der Waals surface area contributed by atoms with Gasteiger partial charge in [-0.15, -0.1) is 0 Å². The molecule has 0 amide bonds. The van der Waals surface area contributed by atoms with Crippen LogP contribution in [0, 0.1) is 16.7 Å². The number of ketones is 1. The van der Waals surface area contributed by atoms with Gasteiger partial charge in [-0.2, -0.15) is 0 Å². The van der Waals surface area contributed by atoms with Gasteiger partial charge in [0.05, 0.1) is 30.1 Å². The van der Waals surface area contributed by atoms with Crippen molar-refractivity contribution in [1.82, 2.24) is 0 Å². The molecule has 8 atom stereocenters. The lowest BCUT2D eigenvalue weighted by Crippen LogP contribution is -2.81. The SMILES string of the molecule is CC[Si](CC)(CC)O[C@H]1C[C@@]2(O)C(OC(=S)SC)C3[C@](C)(C(=O)CC(=C1C)C2(C)C)[C@@H](O[Si](CC)(CC)CC)C[C@H]1OC[C@@]31OC(C)=O. The molecule has 1 N–H and O–H groups in total. The number of hydrogen-bond donors (Lipinski definition) is 1. The van der Waals surface area contributed by atoms with E-state index in [9.17, 15) is 9.90 Å². The highest BCUT2D eigenvalue weighted by atomic mass is 32.2. The summed E-state index contributed by atoms with van der Waals surface area (Å²) in [6, 6.07) is 5.63. The van der Waals surface area contributed by atoms with Crippen LogP contribution >= 0.6 is 24.0 Å². The van der Waals surface area contributed by atoms with Crippen molar-refractivity contribution in [2.24, 2.45) is 16.7 Å². The minimum absolute atomic E-state index is 0.0133. The van der Waals surface area contributed by atoms with Gasteiger partial charge in [0.25, 0.3) is 0 Å². The lowest BCUT2D eigenvalue weighted by atomic mass is 9.45. The van der Waals surface area contributed by atoms with Gasteiger partial charge < -0.3 is 28.2 Å². The van der Waals surface area contributed by atoms with E-state index in [1.807, 2.05) is 27.0 Å². The second-order valence-corrected chi connectivity index (χ2v) is 26.4. The Kier molecular flexibility index (Phi) is 12.1. The molecule has 3 aliphatic carbocycles. The van der Waals surface area contributed by atoms with Gasteiger partial charge in [0.15, 0.2) is 22.2 Å². The van der Waals surface area contributed by atoms with E-state index in [0.717, 1.165) is 47.4 Å². The maximum atomic E-state index is 15.4. The lowest BCUT2D eigenvalue weighted by molar-refractivity contribution is -0.342. The van der Waals surface area contributed by atoms with Crippen molar-refractivity contribution >= 4 is 56.7 Å². The zero-order chi connectivity index (χ0) is 36.1. The molecule has 3 fully saturated rings. The number of rotatable bonds is 12. The van der Waals surface area contributed by atoms with Crippen molar-refractivity contribution in [2.45, 2.75) is 167 Å². The Bertz CT molecular complexity index is 1270. The smallest absolute Gasteiger partial charge is 0.303 e. The van der Waals surface area contributed by atoms with E-state index < -0.39 is 68.9 Å². The van der Waals surface area contributed by atoms with Crippen LogP contribution in [0.25, 0.3) is 0 Å². The van der Waals surface area contributed by atoms with Gasteiger partial charge in [-0.3, -0.25) is 9.59 Å². The summed E-state index contributed by atoms with van der Waals surface area (Å²) in [6.45, 7) is 22.8. The van der Waals surface area contributed by atoms with E-state index in [1.54, 1.807) is 0 Å². The quantitative estimate of drug-likeness (QED) is 0.0917. The topological polar surface area (TPSA) is 101 Å². The van der Waals surface area contributed by atoms with Crippen molar-refractivity contribution in [1.29, 1.82) is 0 Å². The van der Waals surface area contributed by atoms with Crippen LogP contribution in [-0.2, 0) is 32.7 Å². The standard InChI is InChI=1S/C36H62O8S2Si2/c1-13-47(14-2,15-3)43-26-21-36(39)31(41-32(45)46-12)30-34(11,27(38)19-25(23(26)7)33(36,9)10)28(44-48(16-4,17-5)18-6)20-29-35(30,22-40-29)42-24(8)37/h26,28-31,39H,13-22H2,1-12H3/t26-,28-,29+,30?,31?,34+,35-,36+/m0/s1. The molecule has 1 heterocycles. The number of thioether (sulfide) groups is 1. The molecule has 12 heteroatoms.